The van der Waals surface area contributed by atoms with Crippen LogP contribution in [0.2, 0.25) is 0 Å². The molecule has 6 atom stereocenters. The highest BCUT2D eigenvalue weighted by atomic mass is 16.5. The molecule has 2 heterocycles. The average Bonchev–Trinajstić information content (AvgIpc) is 3.28. The van der Waals surface area contributed by atoms with Crippen molar-refractivity contribution in [2.75, 3.05) is 19.1 Å². The number of phenolic OH excluding ortho intramolecular Hbond substituents is 1. The zero-order chi connectivity index (χ0) is 27.6. The van der Waals surface area contributed by atoms with Crippen LogP contribution in [0.5, 0.6) is 11.5 Å². The van der Waals surface area contributed by atoms with E-state index in [2.05, 4.69) is 0 Å². The van der Waals surface area contributed by atoms with E-state index in [-0.39, 0.29) is 35.3 Å². The molecule has 3 fully saturated rings. The van der Waals surface area contributed by atoms with Gasteiger partial charge in [0.05, 0.1) is 36.0 Å². The quantitative estimate of drug-likeness (QED) is 0.480. The highest BCUT2D eigenvalue weighted by Crippen LogP contribution is 2.60. The Hall–Kier alpha value is -4.20. The molecule has 6 unspecified atom stereocenters. The van der Waals surface area contributed by atoms with Gasteiger partial charge in [0.15, 0.2) is 11.5 Å². The van der Waals surface area contributed by atoms with E-state index < -0.39 is 29.1 Å². The third kappa shape index (κ3) is 3.50. The van der Waals surface area contributed by atoms with E-state index >= 15 is 0 Å². The van der Waals surface area contributed by atoms with Crippen molar-refractivity contribution >= 4 is 35.4 Å². The van der Waals surface area contributed by atoms with Crippen LogP contribution in [0.4, 0.5) is 5.69 Å². The highest BCUT2D eigenvalue weighted by Gasteiger charge is 2.66. The van der Waals surface area contributed by atoms with E-state index in [9.17, 15) is 24.3 Å². The van der Waals surface area contributed by atoms with Crippen molar-refractivity contribution in [2.45, 2.75) is 19.8 Å². The Morgan fingerprint density at radius 2 is 1.74 bits per heavy atom. The number of carbonyl (C=O) groups is 4. The topological polar surface area (TPSA) is 104 Å². The Balaban J connectivity index is 1.48. The van der Waals surface area contributed by atoms with Crippen molar-refractivity contribution in [1.29, 1.82) is 0 Å². The maximum atomic E-state index is 14.2. The Bertz CT molecular complexity index is 1460. The van der Waals surface area contributed by atoms with Gasteiger partial charge in [0.1, 0.15) is 0 Å². The molecule has 2 aliphatic carbocycles. The predicted octanol–water partition coefficient (Wildman–Crippen LogP) is 3.81. The predicted molar refractivity (Wildman–Crippen MR) is 143 cm³/mol. The van der Waals surface area contributed by atoms with Gasteiger partial charge >= 0.3 is 0 Å². The smallest absolute Gasteiger partial charge is 0.241 e. The van der Waals surface area contributed by atoms with Gasteiger partial charge in [-0.1, -0.05) is 48.1 Å². The molecule has 6 rings (SSSR count). The number of para-hydroxylation sites is 1. The first-order valence-corrected chi connectivity index (χ1v) is 13.2. The second-order valence-electron chi connectivity index (χ2n) is 11.1. The normalized spacial score (nSPS) is 31.9. The van der Waals surface area contributed by atoms with Crippen molar-refractivity contribution in [3.05, 3.63) is 71.8 Å². The lowest BCUT2D eigenvalue weighted by Crippen LogP contribution is -2.49. The average molecular weight is 527 g/mol. The second kappa shape index (κ2) is 8.93. The van der Waals surface area contributed by atoms with E-state index in [0.717, 1.165) is 11.1 Å². The third-order valence-electron chi connectivity index (χ3n) is 9.27. The number of rotatable bonds is 4. The number of allylic oxidation sites excluding steroid dienone is 3. The van der Waals surface area contributed by atoms with E-state index in [4.69, 9.17) is 4.74 Å². The number of imide groups is 2. The summed E-state index contributed by atoms with van der Waals surface area (Å²) in [4.78, 5) is 56.7. The van der Waals surface area contributed by atoms with E-state index in [1.54, 1.807) is 36.4 Å². The van der Waals surface area contributed by atoms with Crippen molar-refractivity contribution in [3.63, 3.8) is 0 Å². The summed E-state index contributed by atoms with van der Waals surface area (Å²) in [6, 6.07) is 13.9. The van der Waals surface area contributed by atoms with Crippen LogP contribution in [0.25, 0.3) is 6.08 Å². The van der Waals surface area contributed by atoms with Crippen molar-refractivity contribution in [2.24, 2.45) is 35.0 Å². The van der Waals surface area contributed by atoms with Crippen LogP contribution in [-0.2, 0) is 19.2 Å². The molecule has 4 amide bonds. The Morgan fingerprint density at radius 1 is 1.00 bits per heavy atom. The van der Waals surface area contributed by atoms with Gasteiger partial charge in [-0.3, -0.25) is 24.1 Å². The van der Waals surface area contributed by atoms with Gasteiger partial charge in [0.25, 0.3) is 0 Å². The number of amides is 4. The molecule has 1 saturated carbocycles. The van der Waals surface area contributed by atoms with Crippen LogP contribution in [0.15, 0.2) is 66.3 Å². The second-order valence-corrected chi connectivity index (χ2v) is 11.1. The highest BCUT2D eigenvalue weighted by molar-refractivity contribution is 6.24. The van der Waals surface area contributed by atoms with Crippen LogP contribution in [0, 0.1) is 35.0 Å². The van der Waals surface area contributed by atoms with Gasteiger partial charge in [-0.25, -0.2) is 4.90 Å². The van der Waals surface area contributed by atoms with Gasteiger partial charge < -0.3 is 9.84 Å². The molecule has 0 aromatic heterocycles. The number of nitrogens with zero attached hydrogens (tertiary/aromatic N) is 2. The standard InChI is InChI=1S/C31H30N2O6/c1-31-22(13-9-17-10-14-24(34)25(15-17)39-3)19-11-12-20-26(29(37)32(2)27(20)35)21(19)16-23(31)28(36)33(30(31)38)18-7-5-4-6-8-18/h4-11,13-15,20-23,26,34H,12,16H2,1-3H3. The summed E-state index contributed by atoms with van der Waals surface area (Å²) in [5, 5.41) is 10.0. The largest absolute Gasteiger partial charge is 0.504 e. The number of ether oxygens (including phenoxy) is 1. The summed E-state index contributed by atoms with van der Waals surface area (Å²) in [7, 11) is 2.99. The molecule has 0 bridgehead atoms. The molecule has 2 aromatic carbocycles. The number of likely N-dealkylation sites (tertiary alicyclic amines) is 1. The number of hydrogen-bond acceptors (Lipinski definition) is 6. The SMILES string of the molecule is COc1cc(C=CC2C3=CCC4C(=O)N(C)C(=O)C4C3CC3C(=O)N(c4ccccc4)C(=O)C23C)ccc1O. The van der Waals surface area contributed by atoms with Gasteiger partial charge in [-0.05, 0) is 55.5 Å². The maximum Gasteiger partial charge on any atom is 0.241 e. The maximum absolute atomic E-state index is 14.2. The Morgan fingerprint density at radius 3 is 2.46 bits per heavy atom. The summed E-state index contributed by atoms with van der Waals surface area (Å²) in [6.07, 6.45) is 6.57. The molecule has 0 spiro atoms. The van der Waals surface area contributed by atoms with Crippen molar-refractivity contribution < 1.29 is 29.0 Å². The molecule has 2 aliphatic heterocycles. The lowest BCUT2D eigenvalue weighted by atomic mass is 9.52. The number of anilines is 1. The minimum Gasteiger partial charge on any atom is -0.504 e. The fourth-order valence-electron chi connectivity index (χ4n) is 7.20. The van der Waals surface area contributed by atoms with Gasteiger partial charge in [0, 0.05) is 13.0 Å². The van der Waals surface area contributed by atoms with Crippen LogP contribution in [0.1, 0.15) is 25.3 Å². The first kappa shape index (κ1) is 25.1. The van der Waals surface area contributed by atoms with Gasteiger partial charge in [0.2, 0.25) is 23.6 Å². The molecule has 8 heteroatoms. The molecule has 200 valence electrons. The van der Waals surface area contributed by atoms with E-state index in [1.165, 1.54) is 30.0 Å². The zero-order valence-electron chi connectivity index (χ0n) is 22.0. The number of aromatic hydroxyl groups is 1. The van der Waals surface area contributed by atoms with E-state index in [0.29, 0.717) is 24.3 Å². The lowest BCUT2D eigenvalue weighted by Gasteiger charge is -2.47. The summed E-state index contributed by atoms with van der Waals surface area (Å²) >= 11 is 0. The first-order chi connectivity index (χ1) is 18.7. The number of methoxy groups -OCH3 is 1. The lowest BCUT2D eigenvalue weighted by molar-refractivity contribution is -0.139. The minimum absolute atomic E-state index is 0.0176. The molecule has 0 radical (unpaired) electrons. The molecule has 1 N–H and O–H groups in total. The van der Waals surface area contributed by atoms with Crippen LogP contribution >= 0.6 is 0 Å². The number of phenols is 1. The van der Waals surface area contributed by atoms with Crippen LogP contribution in [-0.4, -0.2) is 47.8 Å². The Kier molecular flexibility index (Phi) is 5.75. The van der Waals surface area contributed by atoms with Crippen LogP contribution in [0.3, 0.4) is 0 Å². The fraction of sp³-hybridized carbons (Fsp3) is 0.355. The van der Waals surface area contributed by atoms with Crippen LogP contribution < -0.4 is 9.64 Å². The molecule has 4 aliphatic rings. The van der Waals surface area contributed by atoms with Gasteiger partial charge in [-0.15, -0.1) is 0 Å². The number of fused-ring (bicyclic) bond motifs is 4. The molecular formula is C31H30N2O6. The van der Waals surface area contributed by atoms with E-state index in [1.807, 2.05) is 31.2 Å². The molecule has 8 nitrogen and oxygen atoms in total. The molecule has 39 heavy (non-hydrogen) atoms. The summed E-state index contributed by atoms with van der Waals surface area (Å²) < 4.78 is 5.25. The zero-order valence-corrected chi connectivity index (χ0v) is 22.0. The third-order valence-corrected chi connectivity index (χ3v) is 9.27. The molecular weight excluding hydrogens is 496 g/mol. The number of hydrogen-bond donors (Lipinski definition) is 1. The van der Waals surface area contributed by atoms with Crippen molar-refractivity contribution in [1.82, 2.24) is 4.90 Å². The fourth-order valence-corrected chi connectivity index (χ4v) is 7.20. The number of carbonyl (C=O) groups excluding carboxylic acids is 4. The monoisotopic (exact) mass is 526 g/mol. The number of benzene rings is 2. The molecule has 2 saturated heterocycles. The van der Waals surface area contributed by atoms with Gasteiger partial charge in [-0.2, -0.15) is 0 Å². The summed E-state index contributed by atoms with van der Waals surface area (Å²) in [5.41, 5.74) is 1.14. The Labute approximate surface area is 226 Å². The minimum atomic E-state index is -1.07. The summed E-state index contributed by atoms with van der Waals surface area (Å²) in [5.74, 6) is -3.02. The molecule has 2 aromatic rings. The first-order valence-electron chi connectivity index (χ1n) is 13.2. The summed E-state index contributed by atoms with van der Waals surface area (Å²) in [6.45, 7) is 1.85. The van der Waals surface area contributed by atoms with Crippen molar-refractivity contribution in [3.8, 4) is 11.5 Å².